The average Bonchev–Trinajstić information content (AvgIpc) is 2.88. The van der Waals surface area contributed by atoms with Crippen molar-refractivity contribution in [3.63, 3.8) is 0 Å². The zero-order valence-electron chi connectivity index (χ0n) is 13.0. The number of fused-ring (bicyclic) bond motifs is 3. The Morgan fingerprint density at radius 3 is 1.45 bits per heavy atom. The number of hydrogen-bond acceptors (Lipinski definition) is 0. The minimum Gasteiger partial charge on any atom is -0.0680 e. The van der Waals surface area contributed by atoms with E-state index in [1.54, 1.807) is 0 Å². The molecule has 3 rings (SSSR count). The maximum atomic E-state index is 2.32. The zero-order chi connectivity index (χ0) is 14.4. The van der Waals surface area contributed by atoms with Gasteiger partial charge in [0.05, 0.1) is 0 Å². The van der Waals surface area contributed by atoms with Crippen molar-refractivity contribution >= 4 is 8.80 Å². The molecular formula is C19H26Si. The first-order chi connectivity index (χ1) is 9.80. The van der Waals surface area contributed by atoms with Gasteiger partial charge in [0.15, 0.2) is 0 Å². The molecule has 0 aliphatic heterocycles. The van der Waals surface area contributed by atoms with Crippen LogP contribution in [0.4, 0.5) is 0 Å². The molecule has 0 aromatic heterocycles. The van der Waals surface area contributed by atoms with E-state index in [2.05, 4.69) is 69.3 Å². The van der Waals surface area contributed by atoms with Crippen molar-refractivity contribution in [2.45, 2.75) is 45.3 Å². The van der Waals surface area contributed by atoms with Crippen LogP contribution in [-0.4, -0.2) is 8.80 Å². The number of benzene rings is 2. The van der Waals surface area contributed by atoms with Crippen molar-refractivity contribution in [1.82, 2.24) is 0 Å². The highest BCUT2D eigenvalue weighted by atomic mass is 28.3. The van der Waals surface area contributed by atoms with Gasteiger partial charge in [-0.25, -0.2) is 0 Å². The molecule has 20 heavy (non-hydrogen) atoms. The molecule has 0 heterocycles. The Hall–Kier alpha value is -1.34. The van der Waals surface area contributed by atoms with E-state index in [4.69, 9.17) is 0 Å². The van der Waals surface area contributed by atoms with Gasteiger partial charge in [0, 0.05) is 8.80 Å². The zero-order valence-corrected chi connectivity index (χ0v) is 14.2. The summed E-state index contributed by atoms with van der Waals surface area (Å²) in [5, 5.41) is 0. The summed E-state index contributed by atoms with van der Waals surface area (Å²) in [5.74, 6) is 0. The summed E-state index contributed by atoms with van der Waals surface area (Å²) in [6.45, 7) is 6.97. The van der Waals surface area contributed by atoms with Crippen LogP contribution in [0.3, 0.4) is 0 Å². The van der Waals surface area contributed by atoms with Gasteiger partial charge in [0.2, 0.25) is 0 Å². The van der Waals surface area contributed by atoms with E-state index in [1.165, 1.54) is 40.4 Å². The van der Waals surface area contributed by atoms with Crippen LogP contribution < -0.4 is 0 Å². The summed E-state index contributed by atoms with van der Waals surface area (Å²) in [6.07, 6.45) is 1.10. The van der Waals surface area contributed by atoms with Gasteiger partial charge in [0.1, 0.15) is 0 Å². The lowest BCUT2D eigenvalue weighted by molar-refractivity contribution is 1.24. The van der Waals surface area contributed by atoms with E-state index in [-0.39, 0.29) is 8.80 Å². The van der Waals surface area contributed by atoms with E-state index < -0.39 is 0 Å². The largest absolute Gasteiger partial charge is 0.0680 e. The Morgan fingerprint density at radius 2 is 1.10 bits per heavy atom. The van der Waals surface area contributed by atoms with E-state index in [0.717, 1.165) is 6.42 Å². The molecule has 0 radical (unpaired) electrons. The van der Waals surface area contributed by atoms with Gasteiger partial charge in [-0.15, -0.1) is 0 Å². The highest BCUT2D eigenvalue weighted by molar-refractivity contribution is 6.58. The summed E-state index contributed by atoms with van der Waals surface area (Å²) in [4.78, 5) is 0. The Balaban J connectivity index is 0.000000182. The van der Waals surface area contributed by atoms with Crippen LogP contribution in [0.5, 0.6) is 0 Å². The van der Waals surface area contributed by atoms with Crippen LogP contribution >= 0.6 is 0 Å². The summed E-state index contributed by atoms with van der Waals surface area (Å²) in [7, 11) is -0.171. The topological polar surface area (TPSA) is 0 Å². The molecule has 2 aromatic carbocycles. The third-order valence-corrected chi connectivity index (χ3v) is 7.90. The van der Waals surface area contributed by atoms with Crippen LogP contribution in [0.25, 0.3) is 11.1 Å². The molecule has 0 spiro atoms. The first-order valence-electron chi connectivity index (χ1n) is 7.96. The Labute approximate surface area is 125 Å². The molecule has 1 aliphatic carbocycles. The van der Waals surface area contributed by atoms with E-state index in [9.17, 15) is 0 Å². The molecular weight excluding hydrogens is 256 g/mol. The van der Waals surface area contributed by atoms with E-state index in [0.29, 0.717) is 0 Å². The van der Waals surface area contributed by atoms with Crippen LogP contribution in [-0.2, 0) is 6.42 Å². The molecule has 106 valence electrons. The summed E-state index contributed by atoms with van der Waals surface area (Å²) in [5.41, 5.74) is 5.75. The van der Waals surface area contributed by atoms with Crippen molar-refractivity contribution in [2.75, 3.05) is 0 Å². The van der Waals surface area contributed by atoms with Crippen molar-refractivity contribution in [1.29, 1.82) is 0 Å². The monoisotopic (exact) mass is 282 g/mol. The van der Waals surface area contributed by atoms with Crippen LogP contribution in [0.2, 0.25) is 18.1 Å². The number of rotatable bonds is 3. The Kier molecular flexibility index (Phi) is 5.60. The van der Waals surface area contributed by atoms with E-state index in [1.807, 2.05) is 0 Å². The van der Waals surface area contributed by atoms with Gasteiger partial charge in [-0.3, -0.25) is 0 Å². The summed E-state index contributed by atoms with van der Waals surface area (Å²) in [6, 6.07) is 21.8. The average molecular weight is 283 g/mol. The maximum absolute atomic E-state index is 2.32. The van der Waals surface area contributed by atoms with Gasteiger partial charge in [-0.05, 0) is 28.7 Å². The predicted octanol–water partition coefficient (Wildman–Crippen LogP) is 5.53. The fourth-order valence-electron chi connectivity index (χ4n) is 2.95. The molecule has 0 atom stereocenters. The quantitative estimate of drug-likeness (QED) is 0.554. The SMILES string of the molecule is CC[SiH](CC)CC.c1ccc2c(c1)Cc1ccccc1-2. The molecule has 0 N–H and O–H groups in total. The minimum atomic E-state index is -0.171. The van der Waals surface area contributed by atoms with Crippen molar-refractivity contribution < 1.29 is 0 Å². The van der Waals surface area contributed by atoms with Crippen LogP contribution in [0, 0.1) is 0 Å². The maximum Gasteiger partial charge on any atom is 0.0359 e. The molecule has 0 amide bonds. The van der Waals surface area contributed by atoms with E-state index >= 15 is 0 Å². The summed E-state index contributed by atoms with van der Waals surface area (Å²) >= 11 is 0. The van der Waals surface area contributed by atoms with Crippen molar-refractivity contribution in [3.8, 4) is 11.1 Å². The van der Waals surface area contributed by atoms with Gasteiger partial charge in [-0.1, -0.05) is 87.4 Å². The normalized spacial score (nSPS) is 11.6. The fourth-order valence-corrected chi connectivity index (χ4v) is 4.68. The van der Waals surface area contributed by atoms with Gasteiger partial charge < -0.3 is 0 Å². The van der Waals surface area contributed by atoms with Gasteiger partial charge in [0.25, 0.3) is 0 Å². The number of hydrogen-bond donors (Lipinski definition) is 0. The third kappa shape index (κ3) is 3.40. The molecule has 1 aliphatic rings. The highest BCUT2D eigenvalue weighted by Gasteiger charge is 2.15. The lowest BCUT2D eigenvalue weighted by atomic mass is 10.1. The summed E-state index contributed by atoms with van der Waals surface area (Å²) < 4.78 is 0. The minimum absolute atomic E-state index is 0.171. The molecule has 2 aromatic rings. The predicted molar refractivity (Wildman–Crippen MR) is 93.3 cm³/mol. The van der Waals surface area contributed by atoms with Crippen LogP contribution in [0.1, 0.15) is 31.9 Å². The molecule has 0 saturated carbocycles. The standard InChI is InChI=1S/C13H10.C6H16Si/c1-3-7-12-10(5-1)9-11-6-2-4-8-13(11)12;1-4-7(5-2)6-3/h1-8H,9H2;7H,4-6H2,1-3H3. The third-order valence-electron chi connectivity index (χ3n) is 4.44. The lowest BCUT2D eigenvalue weighted by Gasteiger charge is -2.03. The smallest absolute Gasteiger partial charge is 0.0359 e. The van der Waals surface area contributed by atoms with Crippen molar-refractivity contribution in [2.24, 2.45) is 0 Å². The van der Waals surface area contributed by atoms with Gasteiger partial charge >= 0.3 is 0 Å². The second-order valence-corrected chi connectivity index (χ2v) is 9.76. The second kappa shape index (κ2) is 7.44. The Morgan fingerprint density at radius 1 is 0.700 bits per heavy atom. The Bertz CT molecular complexity index is 492. The van der Waals surface area contributed by atoms with Gasteiger partial charge in [-0.2, -0.15) is 0 Å². The molecule has 0 nitrogen and oxygen atoms in total. The molecule has 0 fully saturated rings. The second-order valence-electron chi connectivity index (χ2n) is 5.58. The molecule has 0 unspecified atom stereocenters. The molecule has 0 bridgehead atoms. The lowest BCUT2D eigenvalue weighted by Crippen LogP contribution is -2.04. The van der Waals surface area contributed by atoms with Crippen LogP contribution in [0.15, 0.2) is 48.5 Å². The molecule has 1 heteroatoms. The van der Waals surface area contributed by atoms with Crippen molar-refractivity contribution in [3.05, 3.63) is 59.7 Å². The molecule has 0 saturated heterocycles. The fraction of sp³-hybridized carbons (Fsp3) is 0.368. The highest BCUT2D eigenvalue weighted by Crippen LogP contribution is 2.35. The first-order valence-corrected chi connectivity index (χ1v) is 10.4. The first kappa shape index (κ1) is 15.1.